The Hall–Kier alpha value is -1.61. The van der Waals surface area contributed by atoms with Crippen LogP contribution in [0.25, 0.3) is 6.08 Å². The van der Waals surface area contributed by atoms with E-state index >= 15 is 0 Å². The Morgan fingerprint density at radius 2 is 1.83 bits per heavy atom. The van der Waals surface area contributed by atoms with E-state index in [1.165, 1.54) is 0 Å². The molecule has 1 aromatic carbocycles. The highest BCUT2D eigenvalue weighted by Gasteiger charge is 2.18. The van der Waals surface area contributed by atoms with Crippen LogP contribution in [-0.2, 0) is 4.79 Å². The second-order valence-electron chi connectivity index (χ2n) is 4.86. The van der Waals surface area contributed by atoms with E-state index in [1.54, 1.807) is 6.08 Å². The predicted octanol–water partition coefficient (Wildman–Crippen LogP) is 2.09. The number of amides is 1. The van der Waals surface area contributed by atoms with Crippen molar-refractivity contribution in [3.05, 3.63) is 42.0 Å². The van der Waals surface area contributed by atoms with Crippen molar-refractivity contribution >= 4 is 12.0 Å². The van der Waals surface area contributed by atoms with Gasteiger partial charge in [0.2, 0.25) is 5.91 Å². The number of rotatable bonds is 3. The molecule has 1 amide bonds. The van der Waals surface area contributed by atoms with E-state index in [1.807, 2.05) is 36.4 Å². The predicted molar refractivity (Wildman–Crippen MR) is 73.9 cm³/mol. The lowest BCUT2D eigenvalue weighted by Crippen LogP contribution is -2.39. The number of benzene rings is 1. The number of carbonyl (C=O) groups excluding carboxylic acids is 1. The first kappa shape index (κ1) is 12.8. The van der Waals surface area contributed by atoms with Crippen molar-refractivity contribution in [2.75, 3.05) is 0 Å². The third-order valence-electron chi connectivity index (χ3n) is 3.34. The number of nitrogens with one attached hydrogen (secondary N) is 1. The molecule has 0 bridgehead atoms. The van der Waals surface area contributed by atoms with Crippen LogP contribution >= 0.6 is 0 Å². The minimum Gasteiger partial charge on any atom is -0.350 e. The molecule has 0 atom stereocenters. The summed E-state index contributed by atoms with van der Waals surface area (Å²) >= 11 is 0. The highest BCUT2D eigenvalue weighted by Crippen LogP contribution is 2.16. The third-order valence-corrected chi connectivity index (χ3v) is 3.34. The molecule has 3 nitrogen and oxygen atoms in total. The quantitative estimate of drug-likeness (QED) is 0.800. The van der Waals surface area contributed by atoms with Crippen LogP contribution in [0.3, 0.4) is 0 Å². The molecule has 2 rings (SSSR count). The Balaban J connectivity index is 1.80. The molecule has 1 aliphatic rings. The van der Waals surface area contributed by atoms with E-state index in [2.05, 4.69) is 5.32 Å². The SMILES string of the molecule is NC1CCC(NC(=O)C=Cc2ccccc2)CC1. The molecule has 3 N–H and O–H groups in total. The van der Waals surface area contributed by atoms with Crippen molar-refractivity contribution in [3.63, 3.8) is 0 Å². The van der Waals surface area contributed by atoms with E-state index < -0.39 is 0 Å². The van der Waals surface area contributed by atoms with E-state index in [0.717, 1.165) is 31.2 Å². The van der Waals surface area contributed by atoms with Gasteiger partial charge in [-0.1, -0.05) is 30.3 Å². The van der Waals surface area contributed by atoms with Crippen molar-refractivity contribution in [2.24, 2.45) is 5.73 Å². The highest BCUT2D eigenvalue weighted by atomic mass is 16.1. The van der Waals surface area contributed by atoms with Gasteiger partial charge in [-0.15, -0.1) is 0 Å². The first-order chi connectivity index (χ1) is 8.74. The molecule has 0 unspecified atom stereocenters. The van der Waals surface area contributed by atoms with Crippen molar-refractivity contribution in [2.45, 2.75) is 37.8 Å². The zero-order valence-corrected chi connectivity index (χ0v) is 10.5. The smallest absolute Gasteiger partial charge is 0.244 e. The fourth-order valence-electron chi connectivity index (χ4n) is 2.25. The number of carbonyl (C=O) groups is 1. The largest absolute Gasteiger partial charge is 0.350 e. The molecular formula is C15H20N2O. The van der Waals surface area contributed by atoms with Gasteiger partial charge in [-0.05, 0) is 37.3 Å². The van der Waals surface area contributed by atoms with Crippen LogP contribution in [0.15, 0.2) is 36.4 Å². The van der Waals surface area contributed by atoms with E-state index in [9.17, 15) is 4.79 Å². The average molecular weight is 244 g/mol. The van der Waals surface area contributed by atoms with Gasteiger partial charge >= 0.3 is 0 Å². The van der Waals surface area contributed by atoms with Gasteiger partial charge in [-0.3, -0.25) is 4.79 Å². The number of hydrogen-bond donors (Lipinski definition) is 2. The zero-order chi connectivity index (χ0) is 12.8. The van der Waals surface area contributed by atoms with Crippen LogP contribution in [0.1, 0.15) is 31.2 Å². The second-order valence-corrected chi connectivity index (χ2v) is 4.86. The minimum absolute atomic E-state index is 0.0145. The zero-order valence-electron chi connectivity index (χ0n) is 10.5. The topological polar surface area (TPSA) is 55.1 Å². The van der Waals surface area contributed by atoms with Crippen molar-refractivity contribution in [1.29, 1.82) is 0 Å². The molecule has 1 fully saturated rings. The molecule has 1 aliphatic carbocycles. The summed E-state index contributed by atoms with van der Waals surface area (Å²) in [6, 6.07) is 10.4. The first-order valence-corrected chi connectivity index (χ1v) is 6.53. The second kappa shape index (κ2) is 6.36. The molecule has 0 heterocycles. The van der Waals surface area contributed by atoms with Gasteiger partial charge in [0.1, 0.15) is 0 Å². The molecule has 3 heteroatoms. The Bertz CT molecular complexity index is 406. The van der Waals surface area contributed by atoms with Gasteiger partial charge in [-0.25, -0.2) is 0 Å². The Morgan fingerprint density at radius 1 is 1.17 bits per heavy atom. The van der Waals surface area contributed by atoms with Crippen LogP contribution in [-0.4, -0.2) is 18.0 Å². The Morgan fingerprint density at radius 3 is 2.50 bits per heavy atom. The summed E-state index contributed by atoms with van der Waals surface area (Å²) in [4.78, 5) is 11.7. The van der Waals surface area contributed by atoms with E-state index in [0.29, 0.717) is 6.04 Å². The van der Waals surface area contributed by atoms with Crippen LogP contribution < -0.4 is 11.1 Å². The van der Waals surface area contributed by atoms with Crippen molar-refractivity contribution in [1.82, 2.24) is 5.32 Å². The molecule has 96 valence electrons. The lowest BCUT2D eigenvalue weighted by atomic mass is 9.92. The average Bonchev–Trinajstić information content (AvgIpc) is 2.40. The van der Waals surface area contributed by atoms with Crippen molar-refractivity contribution < 1.29 is 4.79 Å². The van der Waals surface area contributed by atoms with Gasteiger partial charge in [0, 0.05) is 18.2 Å². The third kappa shape index (κ3) is 4.00. The maximum absolute atomic E-state index is 11.7. The molecule has 0 radical (unpaired) electrons. The molecule has 0 saturated heterocycles. The van der Waals surface area contributed by atoms with Gasteiger partial charge in [0.15, 0.2) is 0 Å². The fourth-order valence-corrected chi connectivity index (χ4v) is 2.25. The molecular weight excluding hydrogens is 224 g/mol. The highest BCUT2D eigenvalue weighted by molar-refractivity contribution is 5.91. The van der Waals surface area contributed by atoms with Crippen LogP contribution in [0, 0.1) is 0 Å². The van der Waals surface area contributed by atoms with Gasteiger partial charge in [0.05, 0.1) is 0 Å². The fraction of sp³-hybridized carbons (Fsp3) is 0.400. The Kier molecular flexibility index (Phi) is 4.53. The number of hydrogen-bond acceptors (Lipinski definition) is 2. The minimum atomic E-state index is -0.0145. The molecule has 1 aromatic rings. The summed E-state index contributed by atoms with van der Waals surface area (Å²) in [7, 11) is 0. The van der Waals surface area contributed by atoms with Crippen LogP contribution in [0.5, 0.6) is 0 Å². The Labute approximate surface area is 108 Å². The number of nitrogens with two attached hydrogens (primary N) is 1. The lowest BCUT2D eigenvalue weighted by molar-refractivity contribution is -0.117. The lowest BCUT2D eigenvalue weighted by Gasteiger charge is -2.26. The summed E-state index contributed by atoms with van der Waals surface area (Å²) in [5.41, 5.74) is 6.88. The summed E-state index contributed by atoms with van der Waals surface area (Å²) in [6.07, 6.45) is 7.44. The van der Waals surface area contributed by atoms with E-state index in [-0.39, 0.29) is 11.9 Å². The summed E-state index contributed by atoms with van der Waals surface area (Å²) in [6.45, 7) is 0. The molecule has 18 heavy (non-hydrogen) atoms. The van der Waals surface area contributed by atoms with Crippen molar-refractivity contribution in [3.8, 4) is 0 Å². The molecule has 0 aromatic heterocycles. The normalized spacial score (nSPS) is 24.1. The summed E-state index contributed by atoms with van der Waals surface area (Å²) < 4.78 is 0. The summed E-state index contributed by atoms with van der Waals surface area (Å²) in [5, 5.41) is 3.03. The monoisotopic (exact) mass is 244 g/mol. The molecule has 1 saturated carbocycles. The maximum Gasteiger partial charge on any atom is 0.244 e. The maximum atomic E-state index is 11.7. The summed E-state index contributed by atoms with van der Waals surface area (Å²) in [5.74, 6) is -0.0145. The van der Waals surface area contributed by atoms with E-state index in [4.69, 9.17) is 5.73 Å². The molecule has 0 aliphatic heterocycles. The van der Waals surface area contributed by atoms with Crippen LogP contribution in [0.4, 0.5) is 0 Å². The van der Waals surface area contributed by atoms with Gasteiger partial charge in [-0.2, -0.15) is 0 Å². The van der Waals surface area contributed by atoms with Gasteiger partial charge < -0.3 is 11.1 Å². The first-order valence-electron chi connectivity index (χ1n) is 6.53. The standard InChI is InChI=1S/C15H20N2O/c16-13-7-9-14(10-8-13)17-15(18)11-6-12-4-2-1-3-5-12/h1-6,11,13-14H,7-10,16H2,(H,17,18). The molecule has 0 spiro atoms. The van der Waals surface area contributed by atoms with Crippen LogP contribution in [0.2, 0.25) is 0 Å². The van der Waals surface area contributed by atoms with Gasteiger partial charge in [0.25, 0.3) is 0 Å².